The zero-order valence-electron chi connectivity index (χ0n) is 20.5. The molecule has 0 atom stereocenters. The molecular weight excluding hydrogens is 430 g/mol. The van der Waals surface area contributed by atoms with Gasteiger partial charge in [0.05, 0.1) is 0 Å². The van der Waals surface area contributed by atoms with Crippen LogP contribution >= 0.6 is 11.8 Å². The van der Waals surface area contributed by atoms with Crippen LogP contribution in [0.5, 0.6) is 0 Å². The molecule has 3 aromatic rings. The Balaban J connectivity index is 1.70. The third-order valence-corrected chi connectivity index (χ3v) is 6.32. The maximum absolute atomic E-state index is 3.51. The number of allylic oxidation sites excluding steroid dienone is 8. The summed E-state index contributed by atoms with van der Waals surface area (Å²) < 4.78 is 0. The molecule has 0 spiro atoms. The molecule has 34 heavy (non-hydrogen) atoms. The second-order valence-corrected chi connectivity index (χ2v) is 9.27. The summed E-state index contributed by atoms with van der Waals surface area (Å²) in [6, 6.07) is 25.6. The highest BCUT2D eigenvalue weighted by Crippen LogP contribution is 2.32. The van der Waals surface area contributed by atoms with Gasteiger partial charge < -0.3 is 5.32 Å². The number of hydrogen-bond donors (Lipinski definition) is 1. The van der Waals surface area contributed by atoms with Gasteiger partial charge in [0.1, 0.15) is 0 Å². The Labute approximate surface area is 209 Å². The van der Waals surface area contributed by atoms with Crippen LogP contribution < -0.4 is 5.32 Å². The smallest absolute Gasteiger partial charge is 0.0384 e. The van der Waals surface area contributed by atoms with E-state index in [9.17, 15) is 0 Å². The maximum Gasteiger partial charge on any atom is 0.0384 e. The van der Waals surface area contributed by atoms with Gasteiger partial charge in [-0.1, -0.05) is 103 Å². The number of thioether (sulfide) groups is 1. The molecule has 0 radical (unpaired) electrons. The van der Waals surface area contributed by atoms with E-state index in [0.29, 0.717) is 0 Å². The zero-order valence-corrected chi connectivity index (χ0v) is 21.3. The van der Waals surface area contributed by atoms with Gasteiger partial charge in [0.25, 0.3) is 0 Å². The number of nitrogens with one attached hydrogen (secondary N) is 1. The largest absolute Gasteiger partial charge is 0.356 e. The van der Waals surface area contributed by atoms with Crippen molar-refractivity contribution in [2.24, 2.45) is 0 Å². The number of anilines is 1. The molecule has 0 unspecified atom stereocenters. The fourth-order valence-corrected chi connectivity index (χ4v) is 4.29. The van der Waals surface area contributed by atoms with Gasteiger partial charge >= 0.3 is 0 Å². The minimum absolute atomic E-state index is 1.04. The van der Waals surface area contributed by atoms with Crippen LogP contribution in [0.25, 0.3) is 17.2 Å². The summed E-state index contributed by atoms with van der Waals surface area (Å²) in [6.45, 7) is 8.40. The lowest BCUT2D eigenvalue weighted by molar-refractivity contribution is 1.30. The van der Waals surface area contributed by atoms with Crippen molar-refractivity contribution in [3.8, 4) is 11.1 Å². The third kappa shape index (κ3) is 7.83. The van der Waals surface area contributed by atoms with Gasteiger partial charge in [-0.25, -0.2) is 0 Å². The fourth-order valence-electron chi connectivity index (χ4n) is 3.44. The van der Waals surface area contributed by atoms with Crippen molar-refractivity contribution >= 4 is 23.5 Å². The van der Waals surface area contributed by atoms with Crippen molar-refractivity contribution < 1.29 is 0 Å². The maximum atomic E-state index is 3.51. The van der Waals surface area contributed by atoms with Crippen LogP contribution in [0.2, 0.25) is 0 Å². The monoisotopic (exact) mass is 463 g/mol. The van der Waals surface area contributed by atoms with Gasteiger partial charge in [0.2, 0.25) is 0 Å². The molecule has 0 aliphatic carbocycles. The lowest BCUT2D eigenvalue weighted by Gasteiger charge is -2.11. The van der Waals surface area contributed by atoms with Gasteiger partial charge in [-0.15, -0.1) is 0 Å². The zero-order chi connectivity index (χ0) is 24.2. The van der Waals surface area contributed by atoms with E-state index >= 15 is 0 Å². The van der Waals surface area contributed by atoms with Crippen molar-refractivity contribution in [3.63, 3.8) is 0 Å². The van der Waals surface area contributed by atoms with Gasteiger partial charge in [-0.05, 0) is 85.2 Å². The normalized spacial score (nSPS) is 12.8. The molecule has 0 bridgehead atoms. The molecule has 0 heterocycles. The van der Waals surface area contributed by atoms with E-state index in [0.717, 1.165) is 11.4 Å². The third-order valence-electron chi connectivity index (χ3n) is 5.19. The van der Waals surface area contributed by atoms with Crippen LogP contribution in [0.3, 0.4) is 0 Å². The van der Waals surface area contributed by atoms with Crippen LogP contribution in [0.4, 0.5) is 5.69 Å². The number of benzene rings is 3. The lowest BCUT2D eigenvalue weighted by Crippen LogP contribution is -1.96. The fraction of sp³-hybridized carbons (Fsp3) is 0.125. The molecule has 172 valence electrons. The Kier molecular flexibility index (Phi) is 9.81. The van der Waals surface area contributed by atoms with E-state index in [4.69, 9.17) is 0 Å². The minimum atomic E-state index is 1.04. The van der Waals surface area contributed by atoms with E-state index in [2.05, 4.69) is 116 Å². The van der Waals surface area contributed by atoms with Crippen molar-refractivity contribution in [2.45, 2.75) is 32.6 Å². The summed E-state index contributed by atoms with van der Waals surface area (Å²) in [7, 11) is 0. The quantitative estimate of drug-likeness (QED) is 0.250. The van der Waals surface area contributed by atoms with E-state index in [1.165, 1.54) is 32.1 Å². The highest BCUT2D eigenvalue weighted by molar-refractivity contribution is 8.03. The minimum Gasteiger partial charge on any atom is -0.356 e. The predicted molar refractivity (Wildman–Crippen MR) is 153 cm³/mol. The Bertz CT molecular complexity index is 1210. The first kappa shape index (κ1) is 25.1. The highest BCUT2D eigenvalue weighted by Gasteiger charge is 2.04. The van der Waals surface area contributed by atoms with E-state index < -0.39 is 0 Å². The molecule has 3 rings (SSSR count). The van der Waals surface area contributed by atoms with Gasteiger partial charge in [-0.3, -0.25) is 0 Å². The molecule has 0 aromatic heterocycles. The van der Waals surface area contributed by atoms with Gasteiger partial charge in [-0.2, -0.15) is 0 Å². The van der Waals surface area contributed by atoms with E-state index in [1.54, 1.807) is 0 Å². The molecule has 0 amide bonds. The second-order valence-electron chi connectivity index (χ2n) is 7.98. The Morgan fingerprint density at radius 1 is 0.794 bits per heavy atom. The van der Waals surface area contributed by atoms with Crippen molar-refractivity contribution in [3.05, 3.63) is 137 Å². The molecule has 0 saturated heterocycles. The first-order chi connectivity index (χ1) is 16.6. The highest BCUT2D eigenvalue weighted by atomic mass is 32.2. The van der Waals surface area contributed by atoms with E-state index in [-0.39, 0.29) is 0 Å². The number of aryl methyl sites for hydroxylation is 1. The molecule has 2 heteroatoms. The summed E-state index contributed by atoms with van der Waals surface area (Å²) in [5.74, 6) is 0. The second kappa shape index (κ2) is 13.3. The molecule has 0 fully saturated rings. The Morgan fingerprint density at radius 3 is 2.21 bits per heavy atom. The molecular formula is C32H33NS. The summed E-state index contributed by atoms with van der Waals surface area (Å²) in [6.07, 6.45) is 16.7. The predicted octanol–water partition coefficient (Wildman–Crippen LogP) is 9.82. The summed E-state index contributed by atoms with van der Waals surface area (Å²) in [4.78, 5) is 2.58. The topological polar surface area (TPSA) is 12.0 Å². The van der Waals surface area contributed by atoms with Crippen LogP contribution in [0.1, 0.15) is 31.9 Å². The average molecular weight is 464 g/mol. The first-order valence-electron chi connectivity index (χ1n) is 11.6. The first-order valence-corrected chi connectivity index (χ1v) is 12.4. The number of hydrogen-bond acceptors (Lipinski definition) is 2. The van der Waals surface area contributed by atoms with Crippen molar-refractivity contribution in [1.29, 1.82) is 0 Å². The van der Waals surface area contributed by atoms with Crippen molar-refractivity contribution in [2.75, 3.05) is 5.32 Å². The average Bonchev–Trinajstić information content (AvgIpc) is 2.85. The van der Waals surface area contributed by atoms with Gasteiger partial charge in [0.15, 0.2) is 0 Å². The summed E-state index contributed by atoms with van der Waals surface area (Å²) in [5.41, 5.74) is 7.04. The Hall–Kier alpha value is -3.49. The van der Waals surface area contributed by atoms with Crippen LogP contribution in [0.15, 0.2) is 131 Å². The van der Waals surface area contributed by atoms with Gasteiger partial charge in [0, 0.05) is 16.3 Å². The summed E-state index contributed by atoms with van der Waals surface area (Å²) in [5, 5.41) is 3.51. The molecule has 0 aliphatic rings. The molecule has 0 aliphatic heterocycles. The number of rotatable bonds is 9. The summed E-state index contributed by atoms with van der Waals surface area (Å²) >= 11 is 1.81. The molecule has 1 nitrogen and oxygen atoms in total. The standard InChI is InChI=1S/C32H33NS/c1-5-7-13-26(4)34-32-23-20-29(24-25(32)3)28-18-21-31(22-19-28)33-30(12-6-2)17-11-16-27-14-9-8-10-15-27/h5-24,33H,1-4H3/b7-5-,12-6-,16-11+,26-13+,30-17+. The Morgan fingerprint density at radius 2 is 1.53 bits per heavy atom. The molecule has 0 saturated carbocycles. The molecule has 3 aromatic carbocycles. The van der Waals surface area contributed by atoms with Crippen LogP contribution in [-0.4, -0.2) is 0 Å². The molecule has 1 N–H and O–H groups in total. The van der Waals surface area contributed by atoms with Crippen molar-refractivity contribution in [1.82, 2.24) is 0 Å². The van der Waals surface area contributed by atoms with Crippen LogP contribution in [0, 0.1) is 6.92 Å². The SMILES string of the molecule is C/C=C\C=C(/C)Sc1ccc(-c2ccc(NC(/C=C\C)=C/C=C/c3ccccc3)cc2)cc1C. The van der Waals surface area contributed by atoms with Crippen LogP contribution in [-0.2, 0) is 0 Å². The lowest BCUT2D eigenvalue weighted by atomic mass is 10.0. The van der Waals surface area contributed by atoms with E-state index in [1.807, 2.05) is 49.9 Å².